The largest absolute Gasteiger partial charge is 0.417 e. The minimum Gasteiger partial charge on any atom is -0.354 e. The molecule has 1 aromatic carbocycles. The zero-order valence-electron chi connectivity index (χ0n) is 16.1. The maximum Gasteiger partial charge on any atom is 0.417 e. The lowest BCUT2D eigenvalue weighted by molar-refractivity contribution is -0.152. The van der Waals surface area contributed by atoms with Gasteiger partial charge in [0, 0.05) is 29.5 Å². The van der Waals surface area contributed by atoms with Crippen LogP contribution in [0.3, 0.4) is 0 Å². The van der Waals surface area contributed by atoms with Gasteiger partial charge in [0.2, 0.25) is 11.6 Å². The smallest absolute Gasteiger partial charge is 0.354 e. The summed E-state index contributed by atoms with van der Waals surface area (Å²) in [5.74, 6) is -0.932. The number of nitrogens with zero attached hydrogens (tertiary/aromatic N) is 1. The van der Waals surface area contributed by atoms with Crippen molar-refractivity contribution in [2.75, 3.05) is 0 Å². The highest BCUT2D eigenvalue weighted by molar-refractivity contribution is 6.30. The Hall–Kier alpha value is -2.84. The molecule has 0 radical (unpaired) electrons. The Kier molecular flexibility index (Phi) is 6.19. The molecule has 5 nitrogen and oxygen atoms in total. The number of allylic oxidation sites excluding steroid dienone is 2. The predicted molar refractivity (Wildman–Crippen MR) is 107 cm³/mol. The molecular formula is C21H19ClF3N3O2. The van der Waals surface area contributed by atoms with Crippen LogP contribution < -0.4 is 10.8 Å². The summed E-state index contributed by atoms with van der Waals surface area (Å²) in [6.45, 7) is 3.28. The van der Waals surface area contributed by atoms with Crippen molar-refractivity contribution < 1.29 is 22.8 Å². The van der Waals surface area contributed by atoms with Crippen LogP contribution in [0.2, 0.25) is 5.02 Å². The molecule has 0 spiro atoms. The van der Waals surface area contributed by atoms with E-state index in [4.69, 9.17) is 16.4 Å². The van der Waals surface area contributed by atoms with Gasteiger partial charge in [-0.3, -0.25) is 9.78 Å². The monoisotopic (exact) mass is 437 g/mol. The lowest BCUT2D eigenvalue weighted by atomic mass is 9.85. The number of alkyl halides is 3. The van der Waals surface area contributed by atoms with E-state index in [0.29, 0.717) is 5.56 Å². The normalized spacial score (nSPS) is 19.0. The third-order valence-electron chi connectivity index (χ3n) is 4.46. The van der Waals surface area contributed by atoms with Crippen LogP contribution in [0.15, 0.2) is 66.5 Å². The van der Waals surface area contributed by atoms with Crippen molar-refractivity contribution in [1.82, 2.24) is 15.8 Å². The minimum absolute atomic E-state index is 0.00813. The van der Waals surface area contributed by atoms with E-state index in [9.17, 15) is 18.0 Å². The fraction of sp³-hybridized carbons (Fsp3) is 0.238. The van der Waals surface area contributed by atoms with Gasteiger partial charge in [0.1, 0.15) is 0 Å². The molecule has 30 heavy (non-hydrogen) atoms. The van der Waals surface area contributed by atoms with Crippen molar-refractivity contribution in [3.63, 3.8) is 0 Å². The number of amides is 1. The molecule has 1 atom stereocenters. The van der Waals surface area contributed by atoms with E-state index in [1.165, 1.54) is 18.3 Å². The summed E-state index contributed by atoms with van der Waals surface area (Å²) in [4.78, 5) is 22.0. The van der Waals surface area contributed by atoms with Gasteiger partial charge in [0.25, 0.3) is 0 Å². The second-order valence-electron chi connectivity index (χ2n) is 6.90. The highest BCUT2D eigenvalue weighted by Gasteiger charge is 2.48. The molecule has 1 aliphatic rings. The van der Waals surface area contributed by atoms with E-state index in [1.54, 1.807) is 44.2 Å². The molecule has 2 heterocycles. The second kappa shape index (κ2) is 8.49. The van der Waals surface area contributed by atoms with Crippen LogP contribution in [0.5, 0.6) is 0 Å². The van der Waals surface area contributed by atoms with Crippen LogP contribution in [0.4, 0.5) is 13.2 Å². The van der Waals surface area contributed by atoms with Gasteiger partial charge < -0.3 is 5.32 Å². The number of hydroxylamine groups is 1. The van der Waals surface area contributed by atoms with E-state index in [-0.39, 0.29) is 16.3 Å². The first-order chi connectivity index (χ1) is 14.1. The van der Waals surface area contributed by atoms with Crippen molar-refractivity contribution in [3.8, 4) is 0 Å². The fourth-order valence-corrected chi connectivity index (χ4v) is 3.06. The molecule has 2 aromatic rings. The van der Waals surface area contributed by atoms with Crippen molar-refractivity contribution in [3.05, 3.63) is 82.8 Å². The van der Waals surface area contributed by atoms with Gasteiger partial charge in [-0.15, -0.1) is 0 Å². The van der Waals surface area contributed by atoms with Crippen LogP contribution in [-0.4, -0.2) is 17.1 Å². The van der Waals surface area contributed by atoms with Gasteiger partial charge in [0.15, 0.2) is 0 Å². The Morgan fingerprint density at radius 1 is 1.20 bits per heavy atom. The lowest BCUT2D eigenvalue weighted by Crippen LogP contribution is -2.51. The van der Waals surface area contributed by atoms with Gasteiger partial charge in [0.05, 0.1) is 16.3 Å². The van der Waals surface area contributed by atoms with Crippen molar-refractivity contribution in [1.29, 1.82) is 0 Å². The SMILES string of the molecule is CC(C)C(=O)NO[C@]1(c2ccccc2)NC=CC(C(F)(F)F)=C1c1ccc(Cl)cn1. The molecule has 1 aromatic heterocycles. The average molecular weight is 438 g/mol. The average Bonchev–Trinajstić information content (AvgIpc) is 2.72. The summed E-state index contributed by atoms with van der Waals surface area (Å²) in [7, 11) is 0. The molecule has 9 heteroatoms. The van der Waals surface area contributed by atoms with Gasteiger partial charge in [-0.1, -0.05) is 55.8 Å². The number of rotatable bonds is 5. The summed E-state index contributed by atoms with van der Waals surface area (Å²) in [6, 6.07) is 11.0. The fourth-order valence-electron chi connectivity index (χ4n) is 2.95. The van der Waals surface area contributed by atoms with Crippen LogP contribution in [-0.2, 0) is 15.4 Å². The molecular weight excluding hydrogens is 419 g/mol. The summed E-state index contributed by atoms with van der Waals surface area (Å²) < 4.78 is 42.0. The maximum atomic E-state index is 14.0. The number of nitrogens with one attached hydrogen (secondary N) is 2. The first-order valence-electron chi connectivity index (χ1n) is 9.06. The minimum atomic E-state index is -4.71. The number of aromatic nitrogens is 1. The van der Waals surface area contributed by atoms with Gasteiger partial charge in [-0.05, 0) is 18.2 Å². The predicted octanol–water partition coefficient (Wildman–Crippen LogP) is 4.72. The number of carbonyl (C=O) groups is 1. The Bertz CT molecular complexity index is 973. The molecule has 0 saturated carbocycles. The number of benzene rings is 1. The highest BCUT2D eigenvalue weighted by Crippen LogP contribution is 2.45. The number of dihydropyridines is 1. The molecule has 0 aliphatic carbocycles. The molecule has 1 amide bonds. The van der Waals surface area contributed by atoms with Gasteiger partial charge in [-0.2, -0.15) is 13.2 Å². The van der Waals surface area contributed by atoms with E-state index in [0.717, 1.165) is 12.3 Å². The molecule has 0 bridgehead atoms. The Morgan fingerprint density at radius 3 is 2.47 bits per heavy atom. The molecule has 3 rings (SSSR count). The molecule has 2 N–H and O–H groups in total. The van der Waals surface area contributed by atoms with E-state index < -0.39 is 29.3 Å². The van der Waals surface area contributed by atoms with Crippen molar-refractivity contribution in [2.45, 2.75) is 25.7 Å². The summed E-state index contributed by atoms with van der Waals surface area (Å²) >= 11 is 5.88. The molecule has 158 valence electrons. The van der Waals surface area contributed by atoms with Crippen LogP contribution in [0, 0.1) is 5.92 Å². The van der Waals surface area contributed by atoms with Crippen LogP contribution >= 0.6 is 11.6 Å². The molecule has 0 saturated heterocycles. The number of hydrogen-bond donors (Lipinski definition) is 2. The quantitative estimate of drug-likeness (QED) is 0.664. The number of pyridine rings is 1. The lowest BCUT2D eigenvalue weighted by Gasteiger charge is -2.39. The topological polar surface area (TPSA) is 63.2 Å². The Balaban J connectivity index is 2.27. The highest BCUT2D eigenvalue weighted by atomic mass is 35.5. The second-order valence-corrected chi connectivity index (χ2v) is 7.33. The van der Waals surface area contributed by atoms with Crippen LogP contribution in [0.25, 0.3) is 5.57 Å². The standard InChI is InChI=1S/C21H19ClF3N3O2/c1-13(2)19(29)28-30-20(14-6-4-3-5-7-14)18(17-9-8-15(22)12-26-17)16(10-11-27-20)21(23,24)25/h3-13,27H,1-2H3,(H,28,29)/t20-/m0/s1. The van der Waals surface area contributed by atoms with Crippen molar-refractivity contribution >= 4 is 23.1 Å². The zero-order valence-corrected chi connectivity index (χ0v) is 16.9. The summed E-state index contributed by atoms with van der Waals surface area (Å²) in [5.41, 5.74) is -0.528. The Morgan fingerprint density at radius 2 is 1.90 bits per heavy atom. The first kappa shape index (κ1) is 21.9. The molecule has 0 unspecified atom stereocenters. The van der Waals surface area contributed by atoms with Gasteiger partial charge >= 0.3 is 6.18 Å². The number of hydrogen-bond acceptors (Lipinski definition) is 4. The third-order valence-corrected chi connectivity index (χ3v) is 4.68. The summed E-state index contributed by atoms with van der Waals surface area (Å²) in [5, 5.41) is 3.13. The first-order valence-corrected chi connectivity index (χ1v) is 9.44. The van der Waals surface area contributed by atoms with E-state index in [1.807, 2.05) is 0 Å². The third kappa shape index (κ3) is 4.34. The summed E-state index contributed by atoms with van der Waals surface area (Å²) in [6.07, 6.45) is -1.42. The van der Waals surface area contributed by atoms with E-state index >= 15 is 0 Å². The maximum absolute atomic E-state index is 14.0. The number of carbonyl (C=O) groups excluding carboxylic acids is 1. The number of halogens is 4. The molecule has 1 aliphatic heterocycles. The molecule has 0 fully saturated rings. The zero-order chi connectivity index (χ0) is 21.9. The van der Waals surface area contributed by atoms with Gasteiger partial charge in [-0.25, -0.2) is 10.3 Å². The van der Waals surface area contributed by atoms with Crippen LogP contribution in [0.1, 0.15) is 25.1 Å². The Labute approximate surface area is 176 Å². The van der Waals surface area contributed by atoms with E-state index in [2.05, 4.69) is 15.8 Å². The van der Waals surface area contributed by atoms with Crippen molar-refractivity contribution in [2.24, 2.45) is 5.92 Å².